The van der Waals surface area contributed by atoms with Gasteiger partial charge in [-0.05, 0) is 25.1 Å². The average molecular weight is 311 g/mol. The summed E-state index contributed by atoms with van der Waals surface area (Å²) in [4.78, 5) is 0. The van der Waals surface area contributed by atoms with Gasteiger partial charge in [-0.2, -0.15) is 0 Å². The first kappa shape index (κ1) is 13.6. The highest BCUT2D eigenvalue weighted by molar-refractivity contribution is 9.10. The van der Waals surface area contributed by atoms with Gasteiger partial charge in [0.1, 0.15) is 0 Å². The summed E-state index contributed by atoms with van der Waals surface area (Å²) in [5.41, 5.74) is 1.27. The molecule has 2 rings (SSSR count). The topological polar surface area (TPSA) is 26.2 Å². The molecule has 18 heavy (non-hydrogen) atoms. The molecular formula is C14H19BrN2O. The van der Waals surface area contributed by atoms with E-state index in [9.17, 15) is 0 Å². The third kappa shape index (κ3) is 2.94. The van der Waals surface area contributed by atoms with Crippen molar-refractivity contribution in [3.05, 3.63) is 34.9 Å². The molecule has 0 radical (unpaired) electrons. The van der Waals surface area contributed by atoms with Gasteiger partial charge < -0.3 is 14.6 Å². The number of nitrogens with one attached hydrogen (secondary N) is 1. The van der Waals surface area contributed by atoms with Crippen molar-refractivity contribution in [2.75, 3.05) is 26.8 Å². The Labute approximate surface area is 116 Å². The number of ether oxygens (including phenoxy) is 1. The fraction of sp³-hybridized carbons (Fsp3) is 0.429. The molecule has 0 saturated carbocycles. The van der Waals surface area contributed by atoms with Crippen LogP contribution >= 0.6 is 15.9 Å². The molecule has 1 atom stereocenters. The molecule has 3 nitrogen and oxygen atoms in total. The van der Waals surface area contributed by atoms with Crippen LogP contribution in [0.1, 0.15) is 13.0 Å². The molecule has 2 aromatic rings. The van der Waals surface area contributed by atoms with Gasteiger partial charge in [0.05, 0.1) is 6.61 Å². The molecule has 1 aromatic heterocycles. The number of methoxy groups -OCH3 is 1. The minimum absolute atomic E-state index is 0.425. The van der Waals surface area contributed by atoms with Crippen LogP contribution in [0, 0.1) is 0 Å². The lowest BCUT2D eigenvalue weighted by Gasteiger charge is -2.16. The van der Waals surface area contributed by atoms with Crippen molar-refractivity contribution in [1.82, 2.24) is 9.88 Å². The summed E-state index contributed by atoms with van der Waals surface area (Å²) in [5.74, 6) is 0. The molecule has 0 fully saturated rings. The van der Waals surface area contributed by atoms with Crippen molar-refractivity contribution in [2.45, 2.75) is 13.0 Å². The molecule has 4 heteroatoms. The van der Waals surface area contributed by atoms with Gasteiger partial charge in [-0.25, -0.2) is 0 Å². The standard InChI is InChI=1S/C14H19BrN2O/c1-11(10-16-7-9-18-2)17-8-6-12-13(15)4-3-5-14(12)17/h3-6,8,11,16H,7,9-10H2,1-2H3. The summed E-state index contributed by atoms with van der Waals surface area (Å²) in [6.45, 7) is 4.81. The Morgan fingerprint density at radius 2 is 2.22 bits per heavy atom. The van der Waals surface area contributed by atoms with Gasteiger partial charge in [-0.3, -0.25) is 0 Å². The predicted octanol–water partition coefficient (Wildman–Crippen LogP) is 3.20. The van der Waals surface area contributed by atoms with E-state index in [4.69, 9.17) is 4.74 Å². The Morgan fingerprint density at radius 1 is 1.39 bits per heavy atom. The van der Waals surface area contributed by atoms with Crippen LogP contribution in [0.15, 0.2) is 34.9 Å². The van der Waals surface area contributed by atoms with Crippen LogP contribution in [0.4, 0.5) is 0 Å². The molecule has 1 unspecified atom stereocenters. The molecule has 0 aliphatic carbocycles. The normalized spacial score (nSPS) is 13.1. The lowest BCUT2D eigenvalue weighted by molar-refractivity contribution is 0.198. The zero-order valence-electron chi connectivity index (χ0n) is 10.8. The number of hydrogen-bond donors (Lipinski definition) is 1. The van der Waals surface area contributed by atoms with Gasteiger partial charge in [-0.1, -0.05) is 22.0 Å². The van der Waals surface area contributed by atoms with E-state index in [1.165, 1.54) is 10.9 Å². The molecule has 0 spiro atoms. The Balaban J connectivity index is 2.08. The number of halogens is 1. The summed E-state index contributed by atoms with van der Waals surface area (Å²) in [7, 11) is 1.72. The fourth-order valence-electron chi connectivity index (χ4n) is 2.12. The number of nitrogens with zero attached hydrogens (tertiary/aromatic N) is 1. The van der Waals surface area contributed by atoms with E-state index in [1.54, 1.807) is 7.11 Å². The van der Waals surface area contributed by atoms with E-state index in [2.05, 4.69) is 63.2 Å². The molecular weight excluding hydrogens is 292 g/mol. The minimum Gasteiger partial charge on any atom is -0.383 e. The van der Waals surface area contributed by atoms with E-state index in [0.29, 0.717) is 6.04 Å². The zero-order chi connectivity index (χ0) is 13.0. The Morgan fingerprint density at radius 3 is 3.00 bits per heavy atom. The van der Waals surface area contributed by atoms with Gasteiger partial charge in [0.25, 0.3) is 0 Å². The third-order valence-corrected chi connectivity index (χ3v) is 3.80. The molecule has 1 N–H and O–H groups in total. The third-order valence-electron chi connectivity index (χ3n) is 3.11. The van der Waals surface area contributed by atoms with E-state index in [1.807, 2.05) is 0 Å². The quantitative estimate of drug-likeness (QED) is 0.829. The number of hydrogen-bond acceptors (Lipinski definition) is 2. The largest absolute Gasteiger partial charge is 0.383 e. The molecule has 0 amide bonds. The van der Waals surface area contributed by atoms with Crippen LogP contribution in [0.5, 0.6) is 0 Å². The molecule has 98 valence electrons. The Hall–Kier alpha value is -0.840. The average Bonchev–Trinajstić information content (AvgIpc) is 2.80. The van der Waals surface area contributed by atoms with E-state index in [-0.39, 0.29) is 0 Å². The van der Waals surface area contributed by atoms with Crippen molar-refractivity contribution in [1.29, 1.82) is 0 Å². The van der Waals surface area contributed by atoms with Crippen molar-refractivity contribution >= 4 is 26.8 Å². The van der Waals surface area contributed by atoms with E-state index < -0.39 is 0 Å². The summed E-state index contributed by atoms with van der Waals surface area (Å²) >= 11 is 3.59. The van der Waals surface area contributed by atoms with E-state index in [0.717, 1.165) is 24.2 Å². The van der Waals surface area contributed by atoms with Crippen LogP contribution in [0.2, 0.25) is 0 Å². The van der Waals surface area contributed by atoms with E-state index >= 15 is 0 Å². The number of rotatable bonds is 6. The smallest absolute Gasteiger partial charge is 0.0587 e. The van der Waals surface area contributed by atoms with Crippen molar-refractivity contribution in [2.24, 2.45) is 0 Å². The monoisotopic (exact) mass is 310 g/mol. The maximum atomic E-state index is 5.02. The second kappa shape index (κ2) is 6.36. The molecule has 1 heterocycles. The fourth-order valence-corrected chi connectivity index (χ4v) is 2.61. The SMILES string of the molecule is COCCNCC(C)n1ccc2c(Br)cccc21. The second-order valence-electron chi connectivity index (χ2n) is 4.44. The Bertz CT molecular complexity index is 509. The van der Waals surface area contributed by atoms with Gasteiger partial charge >= 0.3 is 0 Å². The maximum Gasteiger partial charge on any atom is 0.0587 e. The highest BCUT2D eigenvalue weighted by Gasteiger charge is 2.09. The first-order valence-electron chi connectivity index (χ1n) is 6.18. The molecule has 0 saturated heterocycles. The number of fused-ring (bicyclic) bond motifs is 1. The Kier molecular flexibility index (Phi) is 4.80. The summed E-state index contributed by atoms with van der Waals surface area (Å²) in [5, 5.41) is 4.66. The lowest BCUT2D eigenvalue weighted by atomic mass is 10.2. The molecule has 0 aliphatic heterocycles. The number of aromatic nitrogens is 1. The predicted molar refractivity (Wildman–Crippen MR) is 79.1 cm³/mol. The van der Waals surface area contributed by atoms with Crippen LogP contribution < -0.4 is 5.32 Å². The molecule has 1 aromatic carbocycles. The minimum atomic E-state index is 0.425. The number of benzene rings is 1. The molecule has 0 aliphatic rings. The zero-order valence-corrected chi connectivity index (χ0v) is 12.4. The van der Waals surface area contributed by atoms with Crippen LogP contribution in [0.25, 0.3) is 10.9 Å². The summed E-state index contributed by atoms with van der Waals surface area (Å²) in [6.07, 6.45) is 2.15. The van der Waals surface area contributed by atoms with Gasteiger partial charge in [0.15, 0.2) is 0 Å². The van der Waals surface area contributed by atoms with Crippen molar-refractivity contribution < 1.29 is 4.74 Å². The van der Waals surface area contributed by atoms with Crippen molar-refractivity contribution in [3.8, 4) is 0 Å². The highest BCUT2D eigenvalue weighted by Crippen LogP contribution is 2.26. The first-order valence-corrected chi connectivity index (χ1v) is 6.98. The van der Waals surface area contributed by atoms with Gasteiger partial charge in [-0.15, -0.1) is 0 Å². The maximum absolute atomic E-state index is 5.02. The highest BCUT2D eigenvalue weighted by atomic mass is 79.9. The molecule has 0 bridgehead atoms. The second-order valence-corrected chi connectivity index (χ2v) is 5.30. The van der Waals surface area contributed by atoms with Crippen LogP contribution in [0.3, 0.4) is 0 Å². The first-order chi connectivity index (χ1) is 8.74. The van der Waals surface area contributed by atoms with Gasteiger partial charge in [0.2, 0.25) is 0 Å². The van der Waals surface area contributed by atoms with Crippen molar-refractivity contribution in [3.63, 3.8) is 0 Å². The van der Waals surface area contributed by atoms with Crippen LogP contribution in [-0.2, 0) is 4.74 Å². The summed E-state index contributed by atoms with van der Waals surface area (Å²) in [6, 6.07) is 8.90. The van der Waals surface area contributed by atoms with Gasteiger partial charge in [0, 0.05) is 47.8 Å². The van der Waals surface area contributed by atoms with Crippen LogP contribution in [-0.4, -0.2) is 31.4 Å². The lowest BCUT2D eigenvalue weighted by Crippen LogP contribution is -2.26. The summed E-state index contributed by atoms with van der Waals surface area (Å²) < 4.78 is 8.48.